The second-order valence-corrected chi connectivity index (χ2v) is 7.85. The van der Waals surface area contributed by atoms with Crippen molar-refractivity contribution < 1.29 is 13.5 Å². The van der Waals surface area contributed by atoms with Crippen LogP contribution in [0.2, 0.25) is 0 Å². The lowest BCUT2D eigenvalue weighted by Crippen LogP contribution is -2.13. The smallest absolute Gasteiger partial charge is 0.126 e. The van der Waals surface area contributed by atoms with Crippen LogP contribution in [0.5, 0.6) is 5.75 Å². The minimum atomic E-state index is -0.575. The molecular formula is C24H30F2O. The average Bonchev–Trinajstić information content (AvgIpc) is 2.67. The molecule has 0 radical (unpaired) electrons. The first kappa shape index (κ1) is 19.9. The summed E-state index contributed by atoms with van der Waals surface area (Å²) in [6, 6.07) is 11.7. The second kappa shape index (κ2) is 9.87. The van der Waals surface area contributed by atoms with Crippen molar-refractivity contribution in [3.63, 3.8) is 0 Å². The van der Waals surface area contributed by atoms with E-state index in [1.165, 1.54) is 69.1 Å². The third-order valence-electron chi connectivity index (χ3n) is 5.74. The van der Waals surface area contributed by atoms with Crippen molar-refractivity contribution in [2.24, 2.45) is 5.92 Å². The van der Waals surface area contributed by atoms with Gasteiger partial charge in [-0.1, -0.05) is 44.7 Å². The van der Waals surface area contributed by atoms with Crippen molar-refractivity contribution in [2.75, 3.05) is 0 Å². The Balaban J connectivity index is 1.47. The summed E-state index contributed by atoms with van der Waals surface area (Å²) in [5.74, 6) is 1.15. The van der Waals surface area contributed by atoms with Gasteiger partial charge in [0, 0.05) is 6.07 Å². The molecule has 0 heterocycles. The summed E-state index contributed by atoms with van der Waals surface area (Å²) in [4.78, 5) is 0. The molecule has 0 amide bonds. The normalized spacial score (nSPS) is 19.8. The summed E-state index contributed by atoms with van der Waals surface area (Å²) < 4.78 is 32.1. The molecule has 1 aliphatic carbocycles. The monoisotopic (exact) mass is 372 g/mol. The fourth-order valence-electron chi connectivity index (χ4n) is 4.16. The maximum Gasteiger partial charge on any atom is 0.126 e. The van der Waals surface area contributed by atoms with Crippen LogP contribution in [0.25, 0.3) is 0 Å². The number of hydrogen-bond acceptors (Lipinski definition) is 1. The van der Waals surface area contributed by atoms with Crippen LogP contribution in [-0.4, -0.2) is 0 Å². The minimum absolute atomic E-state index is 0.164. The molecule has 0 aromatic heterocycles. The van der Waals surface area contributed by atoms with E-state index in [1.54, 1.807) is 0 Å². The van der Waals surface area contributed by atoms with E-state index in [0.717, 1.165) is 17.7 Å². The van der Waals surface area contributed by atoms with Gasteiger partial charge in [-0.3, -0.25) is 0 Å². The molecule has 0 aliphatic heterocycles. The Bertz CT molecular complexity index is 683. The first-order chi connectivity index (χ1) is 13.1. The Labute approximate surface area is 161 Å². The lowest BCUT2D eigenvalue weighted by Gasteiger charge is -2.29. The molecule has 0 saturated heterocycles. The third kappa shape index (κ3) is 6.05. The highest BCUT2D eigenvalue weighted by molar-refractivity contribution is 5.30. The molecule has 0 N–H and O–H groups in total. The van der Waals surface area contributed by atoms with Crippen molar-refractivity contribution in [3.8, 4) is 5.75 Å². The van der Waals surface area contributed by atoms with Gasteiger partial charge in [-0.25, -0.2) is 8.78 Å². The van der Waals surface area contributed by atoms with E-state index in [-0.39, 0.29) is 6.61 Å². The van der Waals surface area contributed by atoms with Gasteiger partial charge in [0.15, 0.2) is 0 Å². The van der Waals surface area contributed by atoms with Gasteiger partial charge in [-0.15, -0.1) is 0 Å². The zero-order valence-electron chi connectivity index (χ0n) is 16.2. The first-order valence-corrected chi connectivity index (χ1v) is 10.3. The van der Waals surface area contributed by atoms with E-state index >= 15 is 0 Å². The van der Waals surface area contributed by atoms with Gasteiger partial charge in [-0.05, 0) is 72.9 Å². The van der Waals surface area contributed by atoms with Gasteiger partial charge >= 0.3 is 0 Å². The number of rotatable bonds is 8. The fraction of sp³-hybridized carbons (Fsp3) is 0.500. The SMILES string of the molecule is CCCCC[C@H]1CC[C@H](c2ccc(OCc3cc(F)cc(F)c3)cc2)CC1. The zero-order valence-corrected chi connectivity index (χ0v) is 16.2. The second-order valence-electron chi connectivity index (χ2n) is 7.85. The summed E-state index contributed by atoms with van der Waals surface area (Å²) in [6.45, 7) is 2.43. The number of hydrogen-bond donors (Lipinski definition) is 0. The standard InChI is InChI=1S/C24H30F2O/c1-2-3-4-5-18-6-8-20(9-7-18)21-10-12-24(13-11-21)27-17-19-14-22(25)16-23(26)15-19/h10-16,18,20H,2-9,17H2,1H3/t18-,20-. The number of benzene rings is 2. The van der Waals surface area contributed by atoms with Crippen LogP contribution in [0.15, 0.2) is 42.5 Å². The van der Waals surface area contributed by atoms with E-state index in [9.17, 15) is 8.78 Å². The Kier molecular flexibility index (Phi) is 7.25. The van der Waals surface area contributed by atoms with E-state index in [2.05, 4.69) is 19.1 Å². The van der Waals surface area contributed by atoms with Gasteiger partial charge in [0.2, 0.25) is 0 Å². The highest BCUT2D eigenvalue weighted by Gasteiger charge is 2.22. The molecule has 3 heteroatoms. The van der Waals surface area contributed by atoms with Gasteiger partial charge in [-0.2, -0.15) is 0 Å². The molecule has 2 aromatic rings. The van der Waals surface area contributed by atoms with Crippen LogP contribution in [-0.2, 0) is 6.61 Å². The van der Waals surface area contributed by atoms with Crippen LogP contribution in [0.1, 0.15) is 75.3 Å². The van der Waals surface area contributed by atoms with E-state index in [4.69, 9.17) is 4.74 Å². The Morgan fingerprint density at radius 3 is 2.19 bits per heavy atom. The lowest BCUT2D eigenvalue weighted by atomic mass is 9.77. The zero-order chi connectivity index (χ0) is 19.1. The minimum Gasteiger partial charge on any atom is -0.489 e. The maximum absolute atomic E-state index is 13.2. The molecule has 0 atom stereocenters. The molecular weight excluding hydrogens is 342 g/mol. The predicted molar refractivity (Wildman–Crippen MR) is 106 cm³/mol. The lowest BCUT2D eigenvalue weighted by molar-refractivity contribution is 0.299. The number of unbranched alkanes of at least 4 members (excludes halogenated alkanes) is 2. The average molecular weight is 372 g/mol. The summed E-state index contributed by atoms with van der Waals surface area (Å²) >= 11 is 0. The first-order valence-electron chi connectivity index (χ1n) is 10.3. The van der Waals surface area contributed by atoms with E-state index < -0.39 is 11.6 Å². The topological polar surface area (TPSA) is 9.23 Å². The Hall–Kier alpha value is -1.90. The molecule has 1 fully saturated rings. The number of ether oxygens (including phenoxy) is 1. The molecule has 0 bridgehead atoms. The molecule has 27 heavy (non-hydrogen) atoms. The quantitative estimate of drug-likeness (QED) is 0.439. The molecule has 1 aliphatic rings. The van der Waals surface area contributed by atoms with Crippen molar-refractivity contribution in [2.45, 2.75) is 70.8 Å². The van der Waals surface area contributed by atoms with E-state index in [1.807, 2.05) is 12.1 Å². The largest absolute Gasteiger partial charge is 0.489 e. The van der Waals surface area contributed by atoms with Gasteiger partial charge in [0.05, 0.1) is 0 Å². The third-order valence-corrected chi connectivity index (χ3v) is 5.74. The highest BCUT2D eigenvalue weighted by Crippen LogP contribution is 2.38. The summed E-state index contributed by atoms with van der Waals surface area (Å²) in [5, 5.41) is 0. The molecule has 146 valence electrons. The van der Waals surface area contributed by atoms with Gasteiger partial charge in [0.25, 0.3) is 0 Å². The van der Waals surface area contributed by atoms with E-state index in [0.29, 0.717) is 11.5 Å². The molecule has 0 spiro atoms. The van der Waals surface area contributed by atoms with Crippen LogP contribution in [0.3, 0.4) is 0 Å². The summed E-state index contributed by atoms with van der Waals surface area (Å²) in [7, 11) is 0. The van der Waals surface area contributed by atoms with Crippen LogP contribution < -0.4 is 4.74 Å². The van der Waals surface area contributed by atoms with Crippen molar-refractivity contribution >= 4 is 0 Å². The molecule has 3 rings (SSSR count). The molecule has 1 saturated carbocycles. The highest BCUT2D eigenvalue weighted by atomic mass is 19.1. The summed E-state index contributed by atoms with van der Waals surface area (Å²) in [6.07, 6.45) is 10.7. The van der Waals surface area contributed by atoms with Gasteiger partial charge < -0.3 is 4.74 Å². The van der Waals surface area contributed by atoms with Crippen LogP contribution >= 0.6 is 0 Å². The fourth-order valence-corrected chi connectivity index (χ4v) is 4.16. The van der Waals surface area contributed by atoms with Crippen molar-refractivity contribution in [1.82, 2.24) is 0 Å². The van der Waals surface area contributed by atoms with Crippen LogP contribution in [0.4, 0.5) is 8.78 Å². The molecule has 1 nitrogen and oxygen atoms in total. The van der Waals surface area contributed by atoms with Crippen molar-refractivity contribution in [3.05, 3.63) is 65.2 Å². The summed E-state index contributed by atoms with van der Waals surface area (Å²) in [5.41, 5.74) is 1.88. The predicted octanol–water partition coefficient (Wildman–Crippen LogP) is 7.40. The van der Waals surface area contributed by atoms with Crippen molar-refractivity contribution in [1.29, 1.82) is 0 Å². The van der Waals surface area contributed by atoms with Gasteiger partial charge in [0.1, 0.15) is 24.0 Å². The Morgan fingerprint density at radius 1 is 0.889 bits per heavy atom. The number of halogens is 2. The molecule has 0 unspecified atom stereocenters. The van der Waals surface area contributed by atoms with Crippen LogP contribution in [0, 0.1) is 17.6 Å². The Morgan fingerprint density at radius 2 is 1.56 bits per heavy atom. The molecule has 2 aromatic carbocycles. The maximum atomic E-state index is 13.2.